The van der Waals surface area contributed by atoms with Crippen molar-refractivity contribution in [2.24, 2.45) is 0 Å². The van der Waals surface area contributed by atoms with E-state index in [9.17, 15) is 9.59 Å². The van der Waals surface area contributed by atoms with E-state index in [0.29, 0.717) is 24.3 Å². The molecule has 0 atom stereocenters. The van der Waals surface area contributed by atoms with Crippen molar-refractivity contribution in [3.63, 3.8) is 0 Å². The smallest absolute Gasteiger partial charge is 0.337 e. The minimum atomic E-state index is -0.407. The standard InChI is InChI=1S/C11H12O4/c1-14-11(13)9-4-2-5-10(8-9)15-7-3-6-12/h2,4-6,8H,3,7H2,1H3. The highest BCUT2D eigenvalue weighted by molar-refractivity contribution is 5.89. The van der Waals surface area contributed by atoms with Gasteiger partial charge in [-0.05, 0) is 18.2 Å². The number of carbonyl (C=O) groups excluding carboxylic acids is 2. The third kappa shape index (κ3) is 3.42. The van der Waals surface area contributed by atoms with Gasteiger partial charge in [-0.25, -0.2) is 4.79 Å². The van der Waals surface area contributed by atoms with Crippen LogP contribution in [0, 0.1) is 0 Å². The van der Waals surface area contributed by atoms with Gasteiger partial charge in [0, 0.05) is 6.42 Å². The molecule has 0 unspecified atom stereocenters. The van der Waals surface area contributed by atoms with Gasteiger partial charge in [0.15, 0.2) is 0 Å². The SMILES string of the molecule is COC(=O)c1cccc(OCCC=O)c1. The molecule has 0 saturated heterocycles. The van der Waals surface area contributed by atoms with Gasteiger partial charge in [-0.15, -0.1) is 0 Å². The van der Waals surface area contributed by atoms with Crippen molar-refractivity contribution in [1.29, 1.82) is 0 Å². The van der Waals surface area contributed by atoms with Gasteiger partial charge in [0.2, 0.25) is 0 Å². The number of hydrogen-bond donors (Lipinski definition) is 0. The van der Waals surface area contributed by atoms with Crippen LogP contribution in [-0.2, 0) is 9.53 Å². The molecule has 4 nitrogen and oxygen atoms in total. The molecule has 0 bridgehead atoms. The van der Waals surface area contributed by atoms with Gasteiger partial charge < -0.3 is 14.3 Å². The average Bonchev–Trinajstić information content (AvgIpc) is 2.29. The van der Waals surface area contributed by atoms with Crippen molar-refractivity contribution >= 4 is 12.3 Å². The molecule has 0 aliphatic carbocycles. The summed E-state index contributed by atoms with van der Waals surface area (Å²) in [6, 6.07) is 6.63. The van der Waals surface area contributed by atoms with E-state index in [1.165, 1.54) is 7.11 Å². The topological polar surface area (TPSA) is 52.6 Å². The maximum absolute atomic E-state index is 11.2. The summed E-state index contributed by atoms with van der Waals surface area (Å²) in [6.07, 6.45) is 1.12. The Morgan fingerprint density at radius 1 is 1.47 bits per heavy atom. The van der Waals surface area contributed by atoms with Crippen molar-refractivity contribution < 1.29 is 19.1 Å². The first kappa shape index (κ1) is 11.2. The van der Waals surface area contributed by atoms with Gasteiger partial charge in [0.25, 0.3) is 0 Å². The molecule has 1 aromatic rings. The summed E-state index contributed by atoms with van der Waals surface area (Å²) in [5.41, 5.74) is 0.432. The molecular formula is C11H12O4. The lowest BCUT2D eigenvalue weighted by Crippen LogP contribution is -2.02. The Kier molecular flexibility index (Phi) is 4.34. The van der Waals surface area contributed by atoms with Gasteiger partial charge in [-0.1, -0.05) is 6.07 Å². The van der Waals surface area contributed by atoms with E-state index in [2.05, 4.69) is 4.74 Å². The van der Waals surface area contributed by atoms with Crippen LogP contribution in [0.15, 0.2) is 24.3 Å². The van der Waals surface area contributed by atoms with Gasteiger partial charge in [0.1, 0.15) is 12.0 Å². The number of benzene rings is 1. The Balaban J connectivity index is 2.65. The molecule has 0 aliphatic heterocycles. The van der Waals surface area contributed by atoms with Crippen molar-refractivity contribution in [3.8, 4) is 5.75 Å². The first-order valence-electron chi connectivity index (χ1n) is 4.52. The number of methoxy groups -OCH3 is 1. The first-order chi connectivity index (χ1) is 7.27. The number of carbonyl (C=O) groups is 2. The van der Waals surface area contributed by atoms with Crippen LogP contribution in [0.25, 0.3) is 0 Å². The molecule has 0 aromatic heterocycles. The lowest BCUT2D eigenvalue weighted by atomic mass is 10.2. The molecule has 0 fully saturated rings. The van der Waals surface area contributed by atoms with Gasteiger partial charge in [-0.3, -0.25) is 0 Å². The summed E-state index contributed by atoms with van der Waals surface area (Å²) in [6.45, 7) is 0.314. The van der Waals surface area contributed by atoms with Crippen LogP contribution < -0.4 is 4.74 Å². The van der Waals surface area contributed by atoms with Crippen LogP contribution in [0.4, 0.5) is 0 Å². The molecule has 0 radical (unpaired) electrons. The van der Waals surface area contributed by atoms with Crippen LogP contribution in [0.2, 0.25) is 0 Å². The Hall–Kier alpha value is -1.84. The Bertz CT molecular complexity index is 346. The molecule has 0 spiro atoms. The summed E-state index contributed by atoms with van der Waals surface area (Å²) in [4.78, 5) is 21.2. The minimum Gasteiger partial charge on any atom is -0.493 e. The van der Waals surface area contributed by atoms with Crippen molar-refractivity contribution in [2.75, 3.05) is 13.7 Å². The van der Waals surface area contributed by atoms with Crippen LogP contribution in [0.5, 0.6) is 5.75 Å². The second-order valence-corrected chi connectivity index (χ2v) is 2.82. The summed E-state index contributed by atoms with van der Waals surface area (Å²) in [7, 11) is 1.32. The molecule has 0 aliphatic rings. The molecule has 1 aromatic carbocycles. The number of esters is 1. The maximum atomic E-state index is 11.2. The molecule has 0 heterocycles. The van der Waals surface area contributed by atoms with E-state index >= 15 is 0 Å². The normalized spacial score (nSPS) is 9.40. The van der Waals surface area contributed by atoms with Crippen LogP contribution in [0.1, 0.15) is 16.8 Å². The zero-order valence-electron chi connectivity index (χ0n) is 8.43. The largest absolute Gasteiger partial charge is 0.493 e. The second-order valence-electron chi connectivity index (χ2n) is 2.82. The highest BCUT2D eigenvalue weighted by atomic mass is 16.5. The van der Waals surface area contributed by atoms with E-state index < -0.39 is 5.97 Å². The Morgan fingerprint density at radius 2 is 2.27 bits per heavy atom. The number of hydrogen-bond acceptors (Lipinski definition) is 4. The van der Waals surface area contributed by atoms with E-state index in [-0.39, 0.29) is 0 Å². The third-order valence-corrected chi connectivity index (χ3v) is 1.76. The molecule has 0 N–H and O–H groups in total. The molecule has 4 heteroatoms. The van der Waals surface area contributed by atoms with E-state index in [4.69, 9.17) is 4.74 Å². The van der Waals surface area contributed by atoms with Crippen molar-refractivity contribution in [1.82, 2.24) is 0 Å². The molecular weight excluding hydrogens is 196 g/mol. The lowest BCUT2D eigenvalue weighted by molar-refractivity contribution is -0.108. The fraction of sp³-hybridized carbons (Fsp3) is 0.273. The quantitative estimate of drug-likeness (QED) is 0.417. The van der Waals surface area contributed by atoms with Crippen LogP contribution >= 0.6 is 0 Å². The Labute approximate surface area is 87.8 Å². The molecule has 0 amide bonds. The summed E-state index contributed by atoms with van der Waals surface area (Å²) in [5.74, 6) is 0.149. The second kappa shape index (κ2) is 5.80. The fourth-order valence-corrected chi connectivity index (χ4v) is 1.06. The summed E-state index contributed by atoms with van der Waals surface area (Å²) >= 11 is 0. The van der Waals surface area contributed by atoms with E-state index in [1.807, 2.05) is 0 Å². The van der Waals surface area contributed by atoms with Crippen LogP contribution in [-0.4, -0.2) is 26.0 Å². The summed E-state index contributed by atoms with van der Waals surface area (Å²) in [5, 5.41) is 0. The zero-order valence-corrected chi connectivity index (χ0v) is 8.43. The van der Waals surface area contributed by atoms with Crippen molar-refractivity contribution in [2.45, 2.75) is 6.42 Å². The zero-order chi connectivity index (χ0) is 11.1. The summed E-state index contributed by atoms with van der Waals surface area (Å²) < 4.78 is 9.81. The predicted molar refractivity (Wildman–Crippen MR) is 54.0 cm³/mol. The predicted octanol–water partition coefficient (Wildman–Crippen LogP) is 1.44. The molecule has 15 heavy (non-hydrogen) atoms. The average molecular weight is 208 g/mol. The molecule has 1 rings (SSSR count). The monoisotopic (exact) mass is 208 g/mol. The van der Waals surface area contributed by atoms with E-state index in [1.54, 1.807) is 24.3 Å². The van der Waals surface area contributed by atoms with Gasteiger partial charge in [0.05, 0.1) is 19.3 Å². The third-order valence-electron chi connectivity index (χ3n) is 1.76. The Morgan fingerprint density at radius 3 is 2.93 bits per heavy atom. The lowest BCUT2D eigenvalue weighted by Gasteiger charge is -2.05. The van der Waals surface area contributed by atoms with Gasteiger partial charge in [-0.2, -0.15) is 0 Å². The highest BCUT2D eigenvalue weighted by Gasteiger charge is 2.05. The molecule has 80 valence electrons. The number of rotatable bonds is 5. The number of ether oxygens (including phenoxy) is 2. The number of aldehydes is 1. The van der Waals surface area contributed by atoms with Crippen LogP contribution in [0.3, 0.4) is 0 Å². The first-order valence-corrected chi connectivity index (χ1v) is 4.52. The van der Waals surface area contributed by atoms with E-state index in [0.717, 1.165) is 6.29 Å². The fourth-order valence-electron chi connectivity index (χ4n) is 1.06. The highest BCUT2D eigenvalue weighted by Crippen LogP contribution is 2.13. The van der Waals surface area contributed by atoms with Gasteiger partial charge >= 0.3 is 5.97 Å². The minimum absolute atomic E-state index is 0.314. The maximum Gasteiger partial charge on any atom is 0.337 e. The molecule has 0 saturated carbocycles. The van der Waals surface area contributed by atoms with Crippen molar-refractivity contribution in [3.05, 3.63) is 29.8 Å².